The summed E-state index contributed by atoms with van der Waals surface area (Å²) in [6.45, 7) is 7.21. The fraction of sp³-hybridized carbons (Fsp3) is 0.241. The van der Waals surface area contributed by atoms with Gasteiger partial charge in [-0.1, -0.05) is 51.1 Å². The van der Waals surface area contributed by atoms with Crippen molar-refractivity contribution in [2.24, 2.45) is 0 Å². The van der Waals surface area contributed by atoms with Crippen LogP contribution < -0.4 is 9.47 Å². The van der Waals surface area contributed by atoms with Crippen LogP contribution in [-0.2, 0) is 16.6 Å². The summed E-state index contributed by atoms with van der Waals surface area (Å²) in [5, 5.41) is 10.3. The van der Waals surface area contributed by atoms with Crippen LogP contribution in [0.4, 0.5) is 0 Å². The molecule has 0 fully saturated rings. The topological polar surface area (TPSA) is 98.6 Å². The van der Waals surface area contributed by atoms with Gasteiger partial charge in [-0.05, 0) is 52.4 Å². The summed E-state index contributed by atoms with van der Waals surface area (Å²) in [4.78, 5) is 26.6. The molecule has 0 unspecified atom stereocenters. The van der Waals surface area contributed by atoms with Crippen molar-refractivity contribution in [2.45, 2.75) is 32.6 Å². The first kappa shape index (κ1) is 24.6. The molecule has 0 saturated carbocycles. The molecule has 1 aromatic heterocycles. The smallest absolute Gasteiger partial charge is 0.336 e. The Bertz CT molecular complexity index is 1530. The summed E-state index contributed by atoms with van der Waals surface area (Å²) in [6.07, 6.45) is 0.146. The number of carbonyl (C=O) groups excluding carboxylic acids is 1. The highest BCUT2D eigenvalue weighted by Gasteiger charge is 2.26. The third-order valence-corrected chi connectivity index (χ3v) is 6.89. The van der Waals surface area contributed by atoms with Gasteiger partial charge in [-0.25, -0.2) is 4.79 Å². The van der Waals surface area contributed by atoms with Crippen LogP contribution >= 0.6 is 11.7 Å². The summed E-state index contributed by atoms with van der Waals surface area (Å²) in [5.74, 6) is -0.538. The second kappa shape index (κ2) is 9.78. The molecule has 1 aliphatic heterocycles. The number of hydrogen-bond acceptors (Lipinski definition) is 7. The first-order valence-corrected chi connectivity index (χ1v) is 12.7. The van der Waals surface area contributed by atoms with Crippen molar-refractivity contribution in [2.75, 3.05) is 13.2 Å². The molecule has 0 atom stereocenters. The van der Waals surface area contributed by atoms with Crippen LogP contribution in [0.3, 0.4) is 0 Å². The number of carboxylic acid groups (broad SMARTS) is 1. The number of aromatic nitrogens is 2. The SMILES string of the molecule is CC(C)(C)c1ccc(CC(C(=O)c2ccc3c(c2)OCCO3)=C(C(=O)O)c2ccc3nsnc3c2)cc1. The molecule has 1 aliphatic rings. The van der Waals surface area contributed by atoms with Gasteiger partial charge < -0.3 is 14.6 Å². The van der Waals surface area contributed by atoms with Crippen LogP contribution in [0.15, 0.2) is 66.2 Å². The Labute approximate surface area is 218 Å². The molecule has 4 aromatic rings. The Hall–Kier alpha value is -4.04. The number of Topliss-reactive ketones (excluding diaryl/α,β-unsaturated/α-hetero) is 1. The van der Waals surface area contributed by atoms with E-state index in [0.29, 0.717) is 46.9 Å². The van der Waals surface area contributed by atoms with Gasteiger partial charge in [0, 0.05) is 17.6 Å². The summed E-state index contributed by atoms with van der Waals surface area (Å²) in [5.41, 5.74) is 4.08. The largest absolute Gasteiger partial charge is 0.486 e. The first-order chi connectivity index (χ1) is 17.7. The fourth-order valence-corrected chi connectivity index (χ4v) is 4.85. The van der Waals surface area contributed by atoms with E-state index in [1.54, 1.807) is 36.4 Å². The highest BCUT2D eigenvalue weighted by Crippen LogP contribution is 2.34. The molecule has 1 N–H and O–H groups in total. The predicted molar refractivity (Wildman–Crippen MR) is 143 cm³/mol. The summed E-state index contributed by atoms with van der Waals surface area (Å²) < 4.78 is 19.7. The van der Waals surface area contributed by atoms with Crippen LogP contribution in [0, 0.1) is 0 Å². The third kappa shape index (κ3) is 5.11. The maximum atomic E-state index is 14.0. The van der Waals surface area contributed by atoms with Crippen molar-refractivity contribution >= 4 is 40.1 Å². The van der Waals surface area contributed by atoms with Gasteiger partial charge in [0.15, 0.2) is 17.3 Å². The molecule has 8 heteroatoms. The van der Waals surface area contributed by atoms with Gasteiger partial charge in [-0.15, -0.1) is 0 Å². The van der Waals surface area contributed by atoms with E-state index in [-0.39, 0.29) is 28.8 Å². The number of hydrogen-bond donors (Lipinski definition) is 1. The van der Waals surface area contributed by atoms with Gasteiger partial charge in [-0.2, -0.15) is 8.75 Å². The monoisotopic (exact) mass is 514 g/mol. The molecule has 2 heterocycles. The maximum absolute atomic E-state index is 14.0. The van der Waals surface area contributed by atoms with Crippen molar-refractivity contribution in [3.8, 4) is 11.5 Å². The number of carboxylic acids is 1. The zero-order valence-corrected chi connectivity index (χ0v) is 21.6. The van der Waals surface area contributed by atoms with Crippen LogP contribution in [0.5, 0.6) is 11.5 Å². The van der Waals surface area contributed by atoms with Crippen molar-refractivity contribution in [1.82, 2.24) is 8.75 Å². The van der Waals surface area contributed by atoms with Crippen molar-refractivity contribution in [3.63, 3.8) is 0 Å². The molecule has 5 rings (SSSR count). The number of carbonyl (C=O) groups is 2. The lowest BCUT2D eigenvalue weighted by molar-refractivity contribution is -0.130. The van der Waals surface area contributed by atoms with Crippen molar-refractivity contribution in [3.05, 3.63) is 88.5 Å². The van der Waals surface area contributed by atoms with Crippen LogP contribution in [0.25, 0.3) is 16.6 Å². The zero-order valence-electron chi connectivity index (χ0n) is 20.8. The minimum atomic E-state index is -1.19. The highest BCUT2D eigenvalue weighted by molar-refractivity contribution is 7.00. The van der Waals surface area contributed by atoms with Crippen LogP contribution in [-0.4, -0.2) is 38.8 Å². The summed E-state index contributed by atoms with van der Waals surface area (Å²) in [6, 6.07) is 18.0. The number of ether oxygens (including phenoxy) is 2. The van der Waals surface area contributed by atoms with Crippen LogP contribution in [0.2, 0.25) is 0 Å². The van der Waals surface area contributed by atoms with Crippen molar-refractivity contribution < 1.29 is 24.2 Å². The predicted octanol–water partition coefficient (Wildman–Crippen LogP) is 5.72. The number of benzene rings is 3. The average molecular weight is 515 g/mol. The van der Waals surface area contributed by atoms with Gasteiger partial charge in [0.05, 0.1) is 17.3 Å². The highest BCUT2D eigenvalue weighted by atomic mass is 32.1. The molecular formula is C29H26N2O5S. The average Bonchev–Trinajstić information content (AvgIpc) is 3.35. The number of allylic oxidation sites excluding steroid dienone is 1. The van der Waals surface area contributed by atoms with E-state index in [9.17, 15) is 14.7 Å². The molecule has 7 nitrogen and oxygen atoms in total. The lowest BCUT2D eigenvalue weighted by Crippen LogP contribution is -2.17. The van der Waals surface area contributed by atoms with E-state index < -0.39 is 5.97 Å². The Balaban J connectivity index is 1.64. The quantitative estimate of drug-likeness (QED) is 0.259. The minimum Gasteiger partial charge on any atom is -0.486 e. The standard InChI is InChI=1S/C29H26N2O5S/c1-29(2,3)20-8-4-17(5-9-20)14-21(27(32)19-7-11-24-25(16-19)36-13-12-35-24)26(28(33)34)18-6-10-22-23(15-18)31-37-30-22/h4-11,15-16H,12-14H2,1-3H3,(H,33,34). The lowest BCUT2D eigenvalue weighted by atomic mass is 9.85. The van der Waals surface area contributed by atoms with Gasteiger partial charge in [0.1, 0.15) is 24.2 Å². The third-order valence-electron chi connectivity index (χ3n) is 6.34. The Morgan fingerprint density at radius 1 is 0.865 bits per heavy atom. The Kier molecular flexibility index (Phi) is 6.52. The first-order valence-electron chi connectivity index (χ1n) is 11.9. The van der Waals surface area contributed by atoms with E-state index in [0.717, 1.165) is 22.9 Å². The van der Waals surface area contributed by atoms with Crippen LogP contribution in [0.1, 0.15) is 47.8 Å². The molecule has 188 valence electrons. The minimum absolute atomic E-state index is 0.0264. The van der Waals surface area contributed by atoms with Gasteiger partial charge in [-0.3, -0.25) is 4.79 Å². The number of fused-ring (bicyclic) bond motifs is 2. The normalized spacial score (nSPS) is 13.8. The lowest BCUT2D eigenvalue weighted by Gasteiger charge is -2.20. The zero-order chi connectivity index (χ0) is 26.2. The number of rotatable bonds is 6. The van der Waals surface area contributed by atoms with E-state index >= 15 is 0 Å². The molecule has 0 aliphatic carbocycles. The molecule has 3 aromatic carbocycles. The second-order valence-corrected chi connectivity index (χ2v) is 10.5. The maximum Gasteiger partial charge on any atom is 0.336 e. The summed E-state index contributed by atoms with van der Waals surface area (Å²) >= 11 is 1.06. The molecule has 0 radical (unpaired) electrons. The van der Waals surface area contributed by atoms with E-state index in [4.69, 9.17) is 9.47 Å². The van der Waals surface area contributed by atoms with Crippen molar-refractivity contribution in [1.29, 1.82) is 0 Å². The molecule has 0 saturated heterocycles. The second-order valence-electron chi connectivity index (χ2n) is 9.94. The van der Waals surface area contributed by atoms with Gasteiger partial charge in [0.2, 0.25) is 0 Å². The van der Waals surface area contributed by atoms with Gasteiger partial charge >= 0.3 is 5.97 Å². The number of nitrogens with zero attached hydrogens (tertiary/aromatic N) is 2. The van der Waals surface area contributed by atoms with E-state index in [2.05, 4.69) is 29.5 Å². The Morgan fingerprint density at radius 2 is 1.54 bits per heavy atom. The Morgan fingerprint density at radius 3 is 2.24 bits per heavy atom. The van der Waals surface area contributed by atoms with E-state index in [1.807, 2.05) is 24.3 Å². The molecule has 0 amide bonds. The summed E-state index contributed by atoms with van der Waals surface area (Å²) in [7, 11) is 0. The van der Waals surface area contributed by atoms with Gasteiger partial charge in [0.25, 0.3) is 0 Å². The van der Waals surface area contributed by atoms with E-state index in [1.165, 1.54) is 0 Å². The fourth-order valence-electron chi connectivity index (χ4n) is 4.33. The molecule has 0 spiro atoms. The molecule has 37 heavy (non-hydrogen) atoms. The number of aliphatic carboxylic acids is 1. The number of ketones is 1. The molecule has 0 bridgehead atoms. The molecular weight excluding hydrogens is 488 g/mol.